The van der Waals surface area contributed by atoms with Gasteiger partial charge in [-0.2, -0.15) is 0 Å². The van der Waals surface area contributed by atoms with E-state index in [9.17, 15) is 4.79 Å². The third kappa shape index (κ3) is 1.85. The van der Waals surface area contributed by atoms with Crippen LogP contribution in [0.4, 0.5) is 0 Å². The van der Waals surface area contributed by atoms with Gasteiger partial charge in [-0.15, -0.1) is 0 Å². The molecule has 1 aliphatic carbocycles. The smallest absolute Gasteiger partial charge is 0.237 e. The summed E-state index contributed by atoms with van der Waals surface area (Å²) < 4.78 is 0. The minimum absolute atomic E-state index is 0.0515. The van der Waals surface area contributed by atoms with Crippen molar-refractivity contribution in [3.8, 4) is 0 Å². The van der Waals surface area contributed by atoms with Gasteiger partial charge in [0, 0.05) is 12.1 Å². The number of nitrogens with one attached hydrogen (secondary N) is 2. The van der Waals surface area contributed by atoms with E-state index in [1.807, 2.05) is 0 Å². The SMILES string of the molecule is CC(C)(NC1CCNC1=O)C1CC1. The van der Waals surface area contributed by atoms with E-state index in [1.165, 1.54) is 12.8 Å². The minimum Gasteiger partial charge on any atom is -0.355 e. The van der Waals surface area contributed by atoms with Crippen molar-refractivity contribution in [2.45, 2.75) is 44.7 Å². The molecule has 1 aliphatic heterocycles. The summed E-state index contributed by atoms with van der Waals surface area (Å²) in [6, 6.07) is 0.0515. The lowest BCUT2D eigenvalue weighted by Gasteiger charge is -2.29. The van der Waals surface area contributed by atoms with E-state index in [1.54, 1.807) is 0 Å². The topological polar surface area (TPSA) is 41.1 Å². The Morgan fingerprint density at radius 3 is 2.54 bits per heavy atom. The second-order valence-electron chi connectivity index (χ2n) is 4.77. The van der Waals surface area contributed by atoms with Crippen LogP contribution < -0.4 is 10.6 Å². The summed E-state index contributed by atoms with van der Waals surface area (Å²) in [6.45, 7) is 5.24. The molecule has 0 radical (unpaired) electrons. The van der Waals surface area contributed by atoms with Gasteiger partial charge in [-0.05, 0) is 39.0 Å². The Hall–Kier alpha value is -0.570. The van der Waals surface area contributed by atoms with Crippen LogP contribution in [0.25, 0.3) is 0 Å². The monoisotopic (exact) mass is 182 g/mol. The van der Waals surface area contributed by atoms with E-state index in [0.717, 1.165) is 18.9 Å². The first-order valence-electron chi connectivity index (χ1n) is 5.15. The number of carbonyl (C=O) groups is 1. The van der Waals surface area contributed by atoms with Gasteiger partial charge in [0.2, 0.25) is 5.91 Å². The predicted octanol–water partition coefficient (Wildman–Crippen LogP) is 0.653. The summed E-state index contributed by atoms with van der Waals surface area (Å²) in [6.07, 6.45) is 3.57. The largest absolute Gasteiger partial charge is 0.355 e. The Morgan fingerprint density at radius 2 is 2.08 bits per heavy atom. The van der Waals surface area contributed by atoms with Crippen LogP contribution in [0.15, 0.2) is 0 Å². The molecule has 13 heavy (non-hydrogen) atoms. The van der Waals surface area contributed by atoms with Crippen molar-refractivity contribution in [2.75, 3.05) is 6.54 Å². The van der Waals surface area contributed by atoms with Crippen LogP contribution in [-0.2, 0) is 4.79 Å². The van der Waals surface area contributed by atoms with Gasteiger partial charge >= 0.3 is 0 Å². The molecule has 2 rings (SSSR count). The molecule has 0 aromatic heterocycles. The standard InChI is InChI=1S/C10H18N2O/c1-10(2,7-3-4-7)12-8-5-6-11-9(8)13/h7-8,12H,3-6H2,1-2H3,(H,11,13). The summed E-state index contributed by atoms with van der Waals surface area (Å²) in [4.78, 5) is 11.3. The summed E-state index contributed by atoms with van der Waals surface area (Å²) >= 11 is 0. The number of amides is 1. The molecule has 0 bridgehead atoms. The highest BCUT2D eigenvalue weighted by Gasteiger charge is 2.40. The quantitative estimate of drug-likeness (QED) is 0.673. The molecule has 1 saturated heterocycles. The third-order valence-corrected chi connectivity index (χ3v) is 3.19. The van der Waals surface area contributed by atoms with E-state index in [2.05, 4.69) is 24.5 Å². The summed E-state index contributed by atoms with van der Waals surface area (Å²) in [5.41, 5.74) is 0.145. The lowest BCUT2D eigenvalue weighted by molar-refractivity contribution is -0.121. The minimum atomic E-state index is 0.0515. The molecule has 1 amide bonds. The molecular weight excluding hydrogens is 164 g/mol. The number of hydrogen-bond donors (Lipinski definition) is 2. The fraction of sp³-hybridized carbons (Fsp3) is 0.900. The molecule has 2 aliphatic rings. The van der Waals surface area contributed by atoms with Crippen LogP contribution in [0, 0.1) is 5.92 Å². The Balaban J connectivity index is 1.92. The molecule has 1 atom stereocenters. The van der Waals surface area contributed by atoms with Crippen molar-refractivity contribution in [3.63, 3.8) is 0 Å². The molecule has 0 spiro atoms. The first-order valence-corrected chi connectivity index (χ1v) is 5.15. The van der Waals surface area contributed by atoms with Crippen LogP contribution in [0.1, 0.15) is 33.1 Å². The lowest BCUT2D eigenvalue weighted by Crippen LogP contribution is -2.50. The summed E-state index contributed by atoms with van der Waals surface area (Å²) in [5, 5.41) is 6.30. The first-order chi connectivity index (χ1) is 6.09. The van der Waals surface area contributed by atoms with Gasteiger partial charge in [-0.25, -0.2) is 0 Å². The fourth-order valence-electron chi connectivity index (χ4n) is 2.10. The average Bonchev–Trinajstić information content (AvgIpc) is 2.80. The van der Waals surface area contributed by atoms with Crippen molar-refractivity contribution < 1.29 is 4.79 Å². The Kier molecular flexibility index (Phi) is 2.06. The molecule has 1 saturated carbocycles. The molecule has 0 aromatic carbocycles. The highest BCUT2D eigenvalue weighted by atomic mass is 16.2. The second kappa shape index (κ2) is 2.98. The van der Waals surface area contributed by atoms with Crippen LogP contribution in [0.5, 0.6) is 0 Å². The molecule has 3 heteroatoms. The van der Waals surface area contributed by atoms with Gasteiger partial charge in [0.25, 0.3) is 0 Å². The molecule has 1 unspecified atom stereocenters. The van der Waals surface area contributed by atoms with Crippen molar-refractivity contribution >= 4 is 5.91 Å². The van der Waals surface area contributed by atoms with Crippen molar-refractivity contribution in [1.29, 1.82) is 0 Å². The molecule has 2 fully saturated rings. The first kappa shape index (κ1) is 9.00. The van der Waals surface area contributed by atoms with Crippen molar-refractivity contribution in [3.05, 3.63) is 0 Å². The maximum atomic E-state index is 11.3. The summed E-state index contributed by atoms with van der Waals surface area (Å²) in [5.74, 6) is 0.953. The van der Waals surface area contributed by atoms with E-state index >= 15 is 0 Å². The second-order valence-corrected chi connectivity index (χ2v) is 4.77. The van der Waals surface area contributed by atoms with Crippen LogP contribution in [0.2, 0.25) is 0 Å². The predicted molar refractivity (Wildman–Crippen MR) is 51.4 cm³/mol. The van der Waals surface area contributed by atoms with Crippen LogP contribution >= 0.6 is 0 Å². The highest BCUT2D eigenvalue weighted by molar-refractivity contribution is 5.83. The maximum absolute atomic E-state index is 11.3. The number of rotatable bonds is 3. The van der Waals surface area contributed by atoms with Gasteiger partial charge in [0.15, 0.2) is 0 Å². The average molecular weight is 182 g/mol. The molecule has 2 N–H and O–H groups in total. The Labute approximate surface area is 79.3 Å². The third-order valence-electron chi connectivity index (χ3n) is 3.19. The zero-order chi connectivity index (χ0) is 9.47. The molecular formula is C10H18N2O. The zero-order valence-electron chi connectivity index (χ0n) is 8.39. The number of hydrogen-bond acceptors (Lipinski definition) is 2. The summed E-state index contributed by atoms with van der Waals surface area (Å²) in [7, 11) is 0. The van der Waals surface area contributed by atoms with E-state index < -0.39 is 0 Å². The fourth-order valence-corrected chi connectivity index (χ4v) is 2.10. The molecule has 0 aromatic rings. The van der Waals surface area contributed by atoms with Gasteiger partial charge in [0.1, 0.15) is 0 Å². The normalized spacial score (nSPS) is 29.1. The van der Waals surface area contributed by atoms with E-state index in [4.69, 9.17) is 0 Å². The molecule has 3 nitrogen and oxygen atoms in total. The van der Waals surface area contributed by atoms with Crippen LogP contribution in [0.3, 0.4) is 0 Å². The molecule has 74 valence electrons. The highest BCUT2D eigenvalue weighted by Crippen LogP contribution is 2.39. The van der Waals surface area contributed by atoms with Gasteiger partial charge < -0.3 is 10.6 Å². The van der Waals surface area contributed by atoms with E-state index in [0.29, 0.717) is 0 Å². The van der Waals surface area contributed by atoms with Gasteiger partial charge in [-0.3, -0.25) is 4.79 Å². The van der Waals surface area contributed by atoms with Crippen molar-refractivity contribution in [2.24, 2.45) is 5.92 Å². The number of carbonyl (C=O) groups excluding carboxylic acids is 1. The van der Waals surface area contributed by atoms with Crippen LogP contribution in [-0.4, -0.2) is 24.0 Å². The molecule has 1 heterocycles. The Morgan fingerprint density at radius 1 is 1.38 bits per heavy atom. The van der Waals surface area contributed by atoms with Gasteiger partial charge in [-0.1, -0.05) is 0 Å². The van der Waals surface area contributed by atoms with Gasteiger partial charge in [0.05, 0.1) is 6.04 Å². The lowest BCUT2D eigenvalue weighted by atomic mass is 9.97. The van der Waals surface area contributed by atoms with Crippen molar-refractivity contribution in [1.82, 2.24) is 10.6 Å². The zero-order valence-corrected chi connectivity index (χ0v) is 8.39. The Bertz CT molecular complexity index is 221. The van der Waals surface area contributed by atoms with E-state index in [-0.39, 0.29) is 17.5 Å². The maximum Gasteiger partial charge on any atom is 0.237 e.